The van der Waals surface area contributed by atoms with Gasteiger partial charge in [-0.1, -0.05) is 12.1 Å². The van der Waals surface area contributed by atoms with Crippen LogP contribution in [0.1, 0.15) is 5.56 Å². The normalized spacial score (nSPS) is 19.3. The van der Waals surface area contributed by atoms with E-state index in [1.54, 1.807) is 0 Å². The molecule has 0 saturated carbocycles. The van der Waals surface area contributed by atoms with Crippen LogP contribution in [0.2, 0.25) is 0 Å². The van der Waals surface area contributed by atoms with E-state index in [4.69, 9.17) is 10.5 Å². The fourth-order valence-corrected chi connectivity index (χ4v) is 5.04. The average Bonchev–Trinajstić information content (AvgIpc) is 2.72. The summed E-state index contributed by atoms with van der Waals surface area (Å²) in [7, 11) is -4.83. The van der Waals surface area contributed by atoms with Gasteiger partial charge in [-0.2, -0.15) is 38.6 Å². The summed E-state index contributed by atoms with van der Waals surface area (Å²) in [5.41, 5.74) is 4.98. The smallest absolute Gasteiger partial charge is 0.416 e. The van der Waals surface area contributed by atoms with E-state index in [1.165, 1.54) is 42.5 Å². The molecule has 33 heavy (non-hydrogen) atoms. The van der Waals surface area contributed by atoms with E-state index in [9.17, 15) is 34.8 Å². The number of quaternary nitrogens is 1. The van der Waals surface area contributed by atoms with Crippen LogP contribution in [0, 0.1) is 0 Å². The molecule has 1 unspecified atom stereocenters. The lowest BCUT2D eigenvalue weighted by molar-refractivity contribution is -0.137. The lowest BCUT2D eigenvalue weighted by Gasteiger charge is -2.34. The van der Waals surface area contributed by atoms with Crippen LogP contribution in [0.4, 0.5) is 32.0 Å². The van der Waals surface area contributed by atoms with Gasteiger partial charge in [0.1, 0.15) is 24.2 Å². The van der Waals surface area contributed by atoms with E-state index < -0.39 is 37.6 Å². The van der Waals surface area contributed by atoms with Crippen molar-refractivity contribution in [2.45, 2.75) is 12.4 Å². The maximum Gasteiger partial charge on any atom is 0.416 e. The minimum Gasteiger partial charge on any atom is -0.457 e. The van der Waals surface area contributed by atoms with Crippen LogP contribution in [0.25, 0.3) is 0 Å². The molecule has 0 spiro atoms. The zero-order chi connectivity index (χ0) is 24.5. The van der Waals surface area contributed by atoms with E-state index in [0.29, 0.717) is 5.57 Å². The van der Waals surface area contributed by atoms with E-state index in [2.05, 4.69) is 0 Å². The fourth-order valence-electron chi connectivity index (χ4n) is 3.34. The third kappa shape index (κ3) is 5.57. The SMILES string of the molecule is NCC1=C[N+](c2ccc(Oc3cccc(C(F)(F)F)c3)cc2)(S(=O)(=O)CC(F)(F)F)CC=C1. The highest BCUT2D eigenvalue weighted by atomic mass is 32.2. The van der Waals surface area contributed by atoms with Crippen molar-refractivity contribution in [3.05, 3.63) is 78.0 Å². The van der Waals surface area contributed by atoms with Gasteiger partial charge < -0.3 is 10.5 Å². The molecule has 0 radical (unpaired) electrons. The van der Waals surface area contributed by atoms with Crippen LogP contribution in [0.5, 0.6) is 11.5 Å². The monoisotopic (exact) mass is 493 g/mol. The zero-order valence-corrected chi connectivity index (χ0v) is 17.7. The molecule has 0 fully saturated rings. The van der Waals surface area contributed by atoms with Crippen molar-refractivity contribution in [1.82, 2.24) is 3.89 Å². The summed E-state index contributed by atoms with van der Waals surface area (Å²) >= 11 is 0. The molecule has 2 N–H and O–H groups in total. The van der Waals surface area contributed by atoms with Crippen molar-refractivity contribution in [2.75, 3.05) is 18.8 Å². The summed E-state index contributed by atoms with van der Waals surface area (Å²) in [6, 6.07) is 9.18. The molecule has 0 saturated heterocycles. The number of alkyl halides is 6. The molecular weight excluding hydrogens is 474 g/mol. The predicted octanol–water partition coefficient (Wildman–Crippen LogP) is 5.11. The van der Waals surface area contributed by atoms with Crippen molar-refractivity contribution >= 4 is 15.7 Å². The van der Waals surface area contributed by atoms with E-state index >= 15 is 0 Å². The van der Waals surface area contributed by atoms with Gasteiger partial charge in [-0.15, -0.1) is 0 Å². The molecule has 5 nitrogen and oxygen atoms in total. The minimum atomic E-state index is -4.96. The number of hydrogen-bond acceptors (Lipinski definition) is 4. The Kier molecular flexibility index (Phi) is 6.65. The molecule has 2 aromatic carbocycles. The Bertz CT molecular complexity index is 1170. The predicted molar refractivity (Wildman–Crippen MR) is 111 cm³/mol. The van der Waals surface area contributed by atoms with E-state index in [0.717, 1.165) is 24.4 Å². The number of sulfonamides is 1. The Morgan fingerprint density at radius 2 is 1.64 bits per heavy atom. The first-order valence-corrected chi connectivity index (χ1v) is 11.1. The van der Waals surface area contributed by atoms with Gasteiger partial charge >= 0.3 is 22.4 Å². The Balaban J connectivity index is 1.98. The molecule has 0 aliphatic carbocycles. The van der Waals surface area contributed by atoms with Crippen LogP contribution in [0.15, 0.2) is 72.5 Å². The molecular formula is C21H19F6N2O3S+. The minimum absolute atomic E-state index is 0.00839. The molecule has 12 heteroatoms. The molecule has 3 rings (SSSR count). The molecule has 0 bridgehead atoms. The third-order valence-corrected chi connectivity index (χ3v) is 6.98. The number of nitrogens with two attached hydrogens (primary N) is 1. The summed E-state index contributed by atoms with van der Waals surface area (Å²) in [5, 5.41) is 0. The van der Waals surface area contributed by atoms with Gasteiger partial charge in [0.25, 0.3) is 0 Å². The summed E-state index contributed by atoms with van der Waals surface area (Å²) in [6.45, 7) is -0.384. The van der Waals surface area contributed by atoms with Gasteiger partial charge in [-0.25, -0.2) is 0 Å². The van der Waals surface area contributed by atoms with Gasteiger partial charge in [0, 0.05) is 24.3 Å². The molecule has 0 amide bonds. The Morgan fingerprint density at radius 3 is 2.21 bits per heavy atom. The quantitative estimate of drug-likeness (QED) is 0.449. The molecule has 2 aromatic rings. The largest absolute Gasteiger partial charge is 0.457 e. The van der Waals surface area contributed by atoms with Crippen LogP contribution in [-0.2, 0) is 16.2 Å². The standard InChI is InChI=1S/C21H19F6N2O3S/c22-20(23,24)14-33(30,31)29(10-2-3-15(12-28)13-29)17-6-8-18(9-7-17)32-19-5-1-4-16(11-19)21(25,26)27/h1-9,11,13H,10,12,14,28H2/q+1. The fraction of sp³-hybridized carbons (Fsp3) is 0.238. The molecule has 1 heterocycles. The number of benzene rings is 2. The number of ether oxygens (including phenoxy) is 1. The first-order valence-electron chi connectivity index (χ1n) is 9.47. The van der Waals surface area contributed by atoms with Gasteiger partial charge in [-0.05, 0) is 36.4 Å². The lowest BCUT2D eigenvalue weighted by atomic mass is 10.2. The number of halogens is 6. The van der Waals surface area contributed by atoms with E-state index in [1.807, 2.05) is 0 Å². The summed E-state index contributed by atoms with van der Waals surface area (Å²) in [4.78, 5) is 0. The van der Waals surface area contributed by atoms with Crippen molar-refractivity contribution in [2.24, 2.45) is 5.73 Å². The van der Waals surface area contributed by atoms with Gasteiger partial charge in [0.2, 0.25) is 0 Å². The summed E-state index contributed by atoms with van der Waals surface area (Å²) < 4.78 is 108. The second-order valence-electron chi connectivity index (χ2n) is 7.25. The number of hydrogen-bond donors (Lipinski definition) is 1. The molecule has 1 atom stereocenters. The molecule has 0 aromatic heterocycles. The highest BCUT2D eigenvalue weighted by Gasteiger charge is 2.50. The van der Waals surface area contributed by atoms with Crippen molar-refractivity contribution in [3.63, 3.8) is 0 Å². The van der Waals surface area contributed by atoms with Crippen LogP contribution in [0.3, 0.4) is 0 Å². The second-order valence-corrected chi connectivity index (χ2v) is 9.36. The van der Waals surface area contributed by atoms with Crippen molar-refractivity contribution < 1.29 is 39.5 Å². The zero-order valence-electron chi connectivity index (χ0n) is 16.9. The molecule has 178 valence electrons. The Hall–Kier alpha value is -2.83. The van der Waals surface area contributed by atoms with Gasteiger partial charge in [0.15, 0.2) is 11.4 Å². The van der Waals surface area contributed by atoms with E-state index in [-0.39, 0.29) is 30.3 Å². The van der Waals surface area contributed by atoms with Crippen LogP contribution in [-0.4, -0.2) is 33.4 Å². The summed E-state index contributed by atoms with van der Waals surface area (Å²) in [5.74, 6) is -2.09. The van der Waals surface area contributed by atoms with Crippen molar-refractivity contribution in [1.29, 1.82) is 0 Å². The first-order chi connectivity index (χ1) is 15.3. The molecule has 1 aliphatic rings. The van der Waals surface area contributed by atoms with Gasteiger partial charge in [0.05, 0.1) is 5.56 Å². The Morgan fingerprint density at radius 1 is 0.970 bits per heavy atom. The maximum atomic E-state index is 13.0. The number of nitrogens with zero attached hydrogens (tertiary/aromatic N) is 1. The number of rotatable bonds is 6. The lowest BCUT2D eigenvalue weighted by Crippen LogP contribution is -2.54. The highest BCUT2D eigenvalue weighted by Crippen LogP contribution is 2.37. The average molecular weight is 493 g/mol. The summed E-state index contributed by atoms with van der Waals surface area (Å²) in [6.07, 6.45) is -5.42. The third-order valence-electron chi connectivity index (χ3n) is 4.83. The van der Waals surface area contributed by atoms with Gasteiger partial charge in [-0.3, -0.25) is 0 Å². The topological polar surface area (TPSA) is 69.4 Å². The van der Waals surface area contributed by atoms with Crippen LogP contribution >= 0.6 is 0 Å². The van der Waals surface area contributed by atoms with Crippen LogP contribution < -0.4 is 14.4 Å². The molecule has 1 aliphatic heterocycles. The highest BCUT2D eigenvalue weighted by molar-refractivity contribution is 7.91. The first kappa shape index (κ1) is 24.8. The van der Waals surface area contributed by atoms with Crippen molar-refractivity contribution in [3.8, 4) is 11.5 Å². The Labute approximate surface area is 186 Å². The maximum absolute atomic E-state index is 13.0. The second kappa shape index (κ2) is 8.84.